The normalized spacial score (nSPS) is 13.5. The molecule has 1 aliphatic carbocycles. The van der Waals surface area contributed by atoms with E-state index >= 15 is 0 Å². The van der Waals surface area contributed by atoms with Crippen LogP contribution in [0.2, 0.25) is 0 Å². The predicted octanol–water partition coefficient (Wildman–Crippen LogP) is 4.58. The lowest BCUT2D eigenvalue weighted by Crippen LogP contribution is -2.29. The van der Waals surface area contributed by atoms with Crippen LogP contribution < -0.4 is 5.32 Å². The first-order valence-electron chi connectivity index (χ1n) is 8.59. The number of rotatable bonds is 4. The minimum Gasteiger partial charge on any atom is -0.380 e. The van der Waals surface area contributed by atoms with Crippen molar-refractivity contribution in [1.82, 2.24) is 5.32 Å². The van der Waals surface area contributed by atoms with Crippen LogP contribution in [0.25, 0.3) is 0 Å². The predicted molar refractivity (Wildman–Crippen MR) is 99.7 cm³/mol. The fraction of sp³-hybridized carbons (Fsp3) is 0.381. The van der Waals surface area contributed by atoms with Gasteiger partial charge in [-0.15, -0.1) is 0 Å². The van der Waals surface area contributed by atoms with E-state index in [4.69, 9.17) is 4.74 Å². The molecule has 3 heteroatoms. The van der Waals surface area contributed by atoms with E-state index in [1.54, 1.807) is 7.11 Å². The second-order valence-corrected chi connectivity index (χ2v) is 5.69. The summed E-state index contributed by atoms with van der Waals surface area (Å²) in [7, 11) is 1.70. The Morgan fingerprint density at radius 2 is 1.42 bits per heavy atom. The van der Waals surface area contributed by atoms with Crippen LogP contribution in [0.4, 0.5) is 0 Å². The van der Waals surface area contributed by atoms with Crippen molar-refractivity contribution in [2.45, 2.75) is 44.8 Å². The summed E-state index contributed by atoms with van der Waals surface area (Å²) in [5.41, 5.74) is 1.22. The molecule has 130 valence electrons. The number of amides is 1. The lowest BCUT2D eigenvalue weighted by molar-refractivity contribution is -0.110. The highest BCUT2D eigenvalue weighted by atomic mass is 16.5. The molecule has 3 rings (SSSR count). The Morgan fingerprint density at radius 3 is 1.88 bits per heavy atom. The maximum Gasteiger partial charge on any atom is 0.207 e. The lowest BCUT2D eigenvalue weighted by Gasteiger charge is -2.19. The molecule has 0 aromatic heterocycles. The van der Waals surface area contributed by atoms with Crippen molar-refractivity contribution in [3.05, 3.63) is 72.3 Å². The van der Waals surface area contributed by atoms with Crippen molar-refractivity contribution in [2.24, 2.45) is 0 Å². The Morgan fingerprint density at radius 1 is 0.917 bits per heavy atom. The van der Waals surface area contributed by atoms with Crippen molar-refractivity contribution in [3.8, 4) is 0 Å². The van der Waals surface area contributed by atoms with Crippen LogP contribution in [0, 0.1) is 0 Å². The van der Waals surface area contributed by atoms with E-state index in [-0.39, 0.29) is 0 Å². The monoisotopic (exact) mass is 327 g/mol. The summed E-state index contributed by atoms with van der Waals surface area (Å²) in [6.45, 7) is 0.709. The summed E-state index contributed by atoms with van der Waals surface area (Å²) >= 11 is 0. The molecule has 1 saturated carbocycles. The molecular formula is C21H29NO2. The molecule has 0 atom stereocenters. The number of carbonyl (C=O) groups excluding carboxylic acids is 1. The summed E-state index contributed by atoms with van der Waals surface area (Å²) in [5, 5.41) is 2.80. The Bertz CT molecular complexity index is 469. The molecule has 2 aromatic carbocycles. The van der Waals surface area contributed by atoms with E-state index in [9.17, 15) is 4.79 Å². The van der Waals surface area contributed by atoms with E-state index in [1.165, 1.54) is 37.7 Å². The van der Waals surface area contributed by atoms with E-state index < -0.39 is 0 Å². The topological polar surface area (TPSA) is 38.3 Å². The second kappa shape index (κ2) is 14.5. The second-order valence-electron chi connectivity index (χ2n) is 5.69. The Hall–Kier alpha value is -2.13. The Labute approximate surface area is 146 Å². The van der Waals surface area contributed by atoms with Crippen molar-refractivity contribution in [3.63, 3.8) is 0 Å². The van der Waals surface area contributed by atoms with Gasteiger partial charge < -0.3 is 10.1 Å². The van der Waals surface area contributed by atoms with Gasteiger partial charge in [-0.25, -0.2) is 0 Å². The number of nitrogens with one attached hydrogen (secondary N) is 1. The molecule has 0 heterocycles. The molecule has 1 aliphatic rings. The van der Waals surface area contributed by atoms with E-state index in [1.807, 2.05) is 66.7 Å². The number of carbonyl (C=O) groups is 1. The third-order valence-electron chi connectivity index (χ3n) is 3.73. The van der Waals surface area contributed by atoms with Gasteiger partial charge in [-0.05, 0) is 18.4 Å². The first kappa shape index (κ1) is 19.9. The van der Waals surface area contributed by atoms with Gasteiger partial charge in [-0.1, -0.05) is 86.0 Å². The zero-order valence-electron chi connectivity index (χ0n) is 14.6. The molecule has 24 heavy (non-hydrogen) atoms. The quantitative estimate of drug-likeness (QED) is 0.834. The fourth-order valence-corrected chi connectivity index (χ4v) is 2.49. The molecule has 0 unspecified atom stereocenters. The molecule has 1 amide bonds. The van der Waals surface area contributed by atoms with Crippen LogP contribution in [0.3, 0.4) is 0 Å². The summed E-state index contributed by atoms with van der Waals surface area (Å²) in [6, 6.07) is 22.6. The summed E-state index contributed by atoms with van der Waals surface area (Å²) in [6.07, 6.45) is 7.08. The molecule has 3 nitrogen and oxygen atoms in total. The van der Waals surface area contributed by atoms with Gasteiger partial charge in [-0.3, -0.25) is 4.79 Å². The molecule has 1 N–H and O–H groups in total. The largest absolute Gasteiger partial charge is 0.380 e. The summed E-state index contributed by atoms with van der Waals surface area (Å²) in [4.78, 5) is 9.96. The number of methoxy groups -OCH3 is 1. The summed E-state index contributed by atoms with van der Waals surface area (Å²) < 4.78 is 4.93. The average Bonchev–Trinajstić information content (AvgIpc) is 2.67. The molecule has 1 fully saturated rings. The number of benzene rings is 2. The number of hydrogen-bond acceptors (Lipinski definition) is 2. The van der Waals surface area contributed by atoms with Crippen LogP contribution in [0.15, 0.2) is 66.7 Å². The van der Waals surface area contributed by atoms with Gasteiger partial charge in [0, 0.05) is 13.2 Å². The van der Waals surface area contributed by atoms with Gasteiger partial charge in [0.2, 0.25) is 6.41 Å². The van der Waals surface area contributed by atoms with Gasteiger partial charge in [0.1, 0.15) is 0 Å². The highest BCUT2D eigenvalue weighted by Crippen LogP contribution is 2.16. The SMILES string of the molecule is COCc1ccccc1.O=CNC1CCCCC1.c1ccccc1. The van der Waals surface area contributed by atoms with Crippen LogP contribution in [0.1, 0.15) is 37.7 Å². The van der Waals surface area contributed by atoms with E-state index in [0.717, 1.165) is 6.41 Å². The molecule has 0 saturated heterocycles. The molecule has 0 aliphatic heterocycles. The first-order valence-corrected chi connectivity index (χ1v) is 8.59. The number of ether oxygens (including phenoxy) is 1. The minimum absolute atomic E-state index is 0.483. The van der Waals surface area contributed by atoms with E-state index in [0.29, 0.717) is 12.6 Å². The first-order chi connectivity index (χ1) is 11.9. The standard InChI is InChI=1S/C8H10O.C7H13NO.C6H6/c1-9-7-8-5-3-2-4-6-8;9-6-8-7-4-2-1-3-5-7;1-2-4-6-5-3-1/h2-6H,7H2,1H3;6-7H,1-5H2,(H,8,9);1-6H. The van der Waals surface area contributed by atoms with Crippen LogP contribution in [-0.2, 0) is 16.1 Å². The highest BCUT2D eigenvalue weighted by molar-refractivity contribution is 5.46. The summed E-state index contributed by atoms with van der Waals surface area (Å²) in [5.74, 6) is 0. The molecule has 0 bridgehead atoms. The minimum atomic E-state index is 0.483. The van der Waals surface area contributed by atoms with Gasteiger partial charge in [0.05, 0.1) is 6.61 Å². The zero-order valence-corrected chi connectivity index (χ0v) is 14.6. The van der Waals surface area contributed by atoms with Crippen LogP contribution in [0.5, 0.6) is 0 Å². The molecule has 2 aromatic rings. The van der Waals surface area contributed by atoms with Crippen molar-refractivity contribution in [1.29, 1.82) is 0 Å². The zero-order chi connectivity index (χ0) is 17.3. The maximum absolute atomic E-state index is 9.96. The van der Waals surface area contributed by atoms with Gasteiger partial charge in [0.25, 0.3) is 0 Å². The Balaban J connectivity index is 0.000000184. The maximum atomic E-state index is 9.96. The third-order valence-corrected chi connectivity index (χ3v) is 3.73. The van der Waals surface area contributed by atoms with Crippen LogP contribution >= 0.6 is 0 Å². The van der Waals surface area contributed by atoms with Crippen molar-refractivity contribution < 1.29 is 9.53 Å². The van der Waals surface area contributed by atoms with Crippen molar-refractivity contribution >= 4 is 6.41 Å². The smallest absolute Gasteiger partial charge is 0.207 e. The van der Waals surface area contributed by atoms with E-state index in [2.05, 4.69) is 5.32 Å². The van der Waals surface area contributed by atoms with Crippen molar-refractivity contribution in [2.75, 3.05) is 7.11 Å². The molecular weight excluding hydrogens is 298 g/mol. The van der Waals surface area contributed by atoms with Crippen LogP contribution in [-0.4, -0.2) is 19.6 Å². The highest BCUT2D eigenvalue weighted by Gasteiger charge is 2.10. The lowest BCUT2D eigenvalue weighted by atomic mass is 9.96. The molecule has 0 radical (unpaired) electrons. The van der Waals surface area contributed by atoms with Gasteiger partial charge in [0.15, 0.2) is 0 Å². The molecule has 0 spiro atoms. The van der Waals surface area contributed by atoms with Gasteiger partial charge >= 0.3 is 0 Å². The fourth-order valence-electron chi connectivity index (χ4n) is 2.49. The number of hydrogen-bond donors (Lipinski definition) is 1. The third kappa shape index (κ3) is 10.6. The van der Waals surface area contributed by atoms with Gasteiger partial charge in [-0.2, -0.15) is 0 Å². The Kier molecular flexibility index (Phi) is 12.0. The average molecular weight is 327 g/mol.